The van der Waals surface area contributed by atoms with Crippen molar-refractivity contribution in [3.8, 4) is 0 Å². The van der Waals surface area contributed by atoms with Crippen molar-refractivity contribution >= 4 is 28.6 Å². The molecule has 3 aromatic carbocycles. The van der Waals surface area contributed by atoms with Crippen LogP contribution in [0.2, 0.25) is 0 Å². The molecule has 0 fully saturated rings. The van der Waals surface area contributed by atoms with E-state index in [-0.39, 0.29) is 17.1 Å². The topological polar surface area (TPSA) is 72.2 Å². The molecule has 3 aromatic rings. The maximum absolute atomic E-state index is 13.1. The van der Waals surface area contributed by atoms with E-state index in [9.17, 15) is 9.59 Å². The van der Waals surface area contributed by atoms with Crippen LogP contribution in [0.4, 0.5) is 17.1 Å². The Morgan fingerprint density at radius 2 is 1.42 bits per heavy atom. The van der Waals surface area contributed by atoms with Gasteiger partial charge in [0.15, 0.2) is 11.6 Å². The van der Waals surface area contributed by atoms with Gasteiger partial charge in [-0.05, 0) is 36.2 Å². The van der Waals surface area contributed by atoms with Gasteiger partial charge in [-0.1, -0.05) is 43.3 Å². The van der Waals surface area contributed by atoms with Gasteiger partial charge in [-0.15, -0.1) is 0 Å². The molecule has 0 spiro atoms. The molecule has 0 bridgehead atoms. The number of ketones is 2. The summed E-state index contributed by atoms with van der Waals surface area (Å²) in [5, 5.41) is 3.26. The Hall–Kier alpha value is -3.40. The van der Waals surface area contributed by atoms with E-state index in [0.717, 1.165) is 12.1 Å². The highest BCUT2D eigenvalue weighted by Gasteiger charge is 2.33. The molecule has 0 saturated carbocycles. The lowest BCUT2D eigenvalue weighted by molar-refractivity contribution is 0.0980. The van der Waals surface area contributed by atoms with E-state index in [1.807, 2.05) is 24.3 Å². The van der Waals surface area contributed by atoms with Gasteiger partial charge < -0.3 is 11.1 Å². The molecule has 0 amide bonds. The summed E-state index contributed by atoms with van der Waals surface area (Å²) in [5.41, 5.74) is 10.5. The lowest BCUT2D eigenvalue weighted by atomic mass is 9.82. The second-order valence-electron chi connectivity index (χ2n) is 6.33. The number of rotatable bonds is 3. The number of nitrogens with two attached hydrogens (primary N) is 1. The number of carbonyl (C=O) groups excluding carboxylic acids is 2. The number of nitrogen functional groups attached to an aromatic ring is 1. The number of hydrogen-bond donors (Lipinski definition) is 2. The van der Waals surface area contributed by atoms with Crippen LogP contribution >= 0.6 is 0 Å². The fourth-order valence-corrected chi connectivity index (χ4v) is 3.33. The molecule has 1 aliphatic rings. The zero-order chi connectivity index (χ0) is 18.3. The smallest absolute Gasteiger partial charge is 0.196 e. The number of anilines is 3. The van der Waals surface area contributed by atoms with E-state index in [1.54, 1.807) is 36.4 Å². The second-order valence-corrected chi connectivity index (χ2v) is 6.33. The largest absolute Gasteiger partial charge is 0.398 e. The van der Waals surface area contributed by atoms with E-state index in [0.29, 0.717) is 28.1 Å². The summed E-state index contributed by atoms with van der Waals surface area (Å²) in [7, 11) is 0. The Morgan fingerprint density at radius 1 is 0.808 bits per heavy atom. The van der Waals surface area contributed by atoms with Crippen LogP contribution in [0.25, 0.3) is 0 Å². The first-order valence-electron chi connectivity index (χ1n) is 8.57. The van der Waals surface area contributed by atoms with Crippen molar-refractivity contribution in [2.45, 2.75) is 13.3 Å². The lowest BCUT2D eigenvalue weighted by Gasteiger charge is -2.22. The first-order valence-corrected chi connectivity index (χ1v) is 8.57. The number of carbonyl (C=O) groups is 2. The molecule has 1 aliphatic carbocycles. The Kier molecular flexibility index (Phi) is 3.81. The fraction of sp³-hybridized carbons (Fsp3) is 0.0909. The summed E-state index contributed by atoms with van der Waals surface area (Å²) in [5.74, 6) is -0.396. The summed E-state index contributed by atoms with van der Waals surface area (Å²) in [6.07, 6.45) is 0.960. The van der Waals surface area contributed by atoms with Gasteiger partial charge in [0.2, 0.25) is 0 Å². The number of hydrogen-bond acceptors (Lipinski definition) is 4. The average Bonchev–Trinajstić information content (AvgIpc) is 2.68. The third-order valence-corrected chi connectivity index (χ3v) is 4.75. The summed E-state index contributed by atoms with van der Waals surface area (Å²) in [4.78, 5) is 26.0. The molecule has 3 N–H and O–H groups in total. The van der Waals surface area contributed by atoms with Gasteiger partial charge in [0.05, 0.1) is 16.8 Å². The van der Waals surface area contributed by atoms with Gasteiger partial charge in [0.1, 0.15) is 0 Å². The van der Waals surface area contributed by atoms with Crippen molar-refractivity contribution in [2.24, 2.45) is 0 Å². The minimum Gasteiger partial charge on any atom is -0.398 e. The van der Waals surface area contributed by atoms with Gasteiger partial charge in [0, 0.05) is 22.5 Å². The standard InChI is InChI=1S/C22H18N2O2/c1-2-13-7-9-14(10-8-13)24-18-12-11-17(23)19-20(18)22(26)16-6-4-3-5-15(16)21(19)25/h3-12,24H,2,23H2,1H3. The summed E-state index contributed by atoms with van der Waals surface area (Å²) >= 11 is 0. The molecule has 0 heterocycles. The minimum atomic E-state index is -0.210. The highest BCUT2D eigenvalue weighted by Crippen LogP contribution is 2.36. The third-order valence-electron chi connectivity index (χ3n) is 4.75. The highest BCUT2D eigenvalue weighted by atomic mass is 16.1. The van der Waals surface area contributed by atoms with Crippen LogP contribution in [0, 0.1) is 0 Å². The van der Waals surface area contributed by atoms with Crippen LogP contribution in [0.15, 0.2) is 60.7 Å². The van der Waals surface area contributed by atoms with Crippen LogP contribution < -0.4 is 11.1 Å². The maximum Gasteiger partial charge on any atom is 0.196 e. The van der Waals surface area contributed by atoms with Gasteiger partial charge in [0.25, 0.3) is 0 Å². The van der Waals surface area contributed by atoms with E-state index < -0.39 is 0 Å². The van der Waals surface area contributed by atoms with Crippen molar-refractivity contribution in [3.05, 3.63) is 88.5 Å². The molecule has 4 nitrogen and oxygen atoms in total. The molecule has 4 heteroatoms. The zero-order valence-corrected chi connectivity index (χ0v) is 14.4. The molecule has 128 valence electrons. The highest BCUT2D eigenvalue weighted by molar-refractivity contribution is 6.31. The van der Waals surface area contributed by atoms with E-state index in [1.165, 1.54) is 5.56 Å². The van der Waals surface area contributed by atoms with Crippen LogP contribution in [0.5, 0.6) is 0 Å². The number of nitrogens with one attached hydrogen (secondary N) is 1. The SMILES string of the molecule is CCc1ccc(Nc2ccc(N)c3c2C(=O)c2ccccc2C3=O)cc1. The van der Waals surface area contributed by atoms with Gasteiger partial charge in [-0.3, -0.25) is 9.59 Å². The maximum atomic E-state index is 13.1. The first-order chi connectivity index (χ1) is 12.6. The van der Waals surface area contributed by atoms with Crippen LogP contribution in [0.1, 0.15) is 44.3 Å². The Bertz CT molecular complexity index is 1040. The van der Waals surface area contributed by atoms with Crippen LogP contribution in [-0.4, -0.2) is 11.6 Å². The number of benzene rings is 3. The van der Waals surface area contributed by atoms with Crippen molar-refractivity contribution in [1.82, 2.24) is 0 Å². The predicted molar refractivity (Wildman–Crippen MR) is 103 cm³/mol. The van der Waals surface area contributed by atoms with Crippen LogP contribution in [-0.2, 0) is 6.42 Å². The Balaban J connectivity index is 1.83. The summed E-state index contributed by atoms with van der Waals surface area (Å²) in [6.45, 7) is 2.10. The molecule has 4 rings (SSSR count). The predicted octanol–water partition coefficient (Wildman–Crippen LogP) is 4.35. The fourth-order valence-electron chi connectivity index (χ4n) is 3.33. The van der Waals surface area contributed by atoms with Crippen molar-refractivity contribution in [2.75, 3.05) is 11.1 Å². The van der Waals surface area contributed by atoms with Crippen LogP contribution in [0.3, 0.4) is 0 Å². The van der Waals surface area contributed by atoms with E-state index in [4.69, 9.17) is 5.73 Å². The quantitative estimate of drug-likeness (QED) is 0.543. The van der Waals surface area contributed by atoms with E-state index >= 15 is 0 Å². The van der Waals surface area contributed by atoms with Gasteiger partial charge in [-0.25, -0.2) is 0 Å². The zero-order valence-electron chi connectivity index (χ0n) is 14.4. The normalized spacial score (nSPS) is 12.5. The molecule has 0 aromatic heterocycles. The monoisotopic (exact) mass is 342 g/mol. The molecule has 0 saturated heterocycles. The molecular formula is C22H18N2O2. The molecule has 0 radical (unpaired) electrons. The Morgan fingerprint density at radius 3 is 2.04 bits per heavy atom. The van der Waals surface area contributed by atoms with Crippen molar-refractivity contribution in [1.29, 1.82) is 0 Å². The lowest BCUT2D eigenvalue weighted by Crippen LogP contribution is -2.23. The molecule has 0 unspecified atom stereocenters. The minimum absolute atomic E-state index is 0.185. The summed E-state index contributed by atoms with van der Waals surface area (Å²) < 4.78 is 0. The molecule has 26 heavy (non-hydrogen) atoms. The van der Waals surface area contributed by atoms with Crippen molar-refractivity contribution in [3.63, 3.8) is 0 Å². The third kappa shape index (κ3) is 2.47. The van der Waals surface area contributed by atoms with Crippen molar-refractivity contribution < 1.29 is 9.59 Å². The van der Waals surface area contributed by atoms with Gasteiger partial charge >= 0.3 is 0 Å². The molecular weight excluding hydrogens is 324 g/mol. The number of aryl methyl sites for hydroxylation is 1. The molecule has 0 atom stereocenters. The number of fused-ring (bicyclic) bond motifs is 2. The van der Waals surface area contributed by atoms with E-state index in [2.05, 4.69) is 12.2 Å². The second kappa shape index (κ2) is 6.15. The average molecular weight is 342 g/mol. The summed E-state index contributed by atoms with van der Waals surface area (Å²) in [6, 6.07) is 18.3. The van der Waals surface area contributed by atoms with Gasteiger partial charge in [-0.2, -0.15) is 0 Å². The first kappa shape index (κ1) is 16.1. The molecule has 0 aliphatic heterocycles. The Labute approximate surface area is 151 Å².